The maximum atomic E-state index is 11.8. The number of fused-ring (bicyclic) bond motifs is 1. The van der Waals surface area contributed by atoms with Crippen molar-refractivity contribution < 1.29 is 13.5 Å². The number of nitrogens with zero attached hydrogens (tertiary/aromatic N) is 3. The molecule has 7 heteroatoms. The third-order valence-corrected chi connectivity index (χ3v) is 7.41. The van der Waals surface area contributed by atoms with Crippen molar-refractivity contribution in [1.29, 1.82) is 0 Å². The molecular weight excluding hydrogens is 386 g/mol. The van der Waals surface area contributed by atoms with Crippen molar-refractivity contribution in [3.8, 4) is 16.9 Å². The Balaban J connectivity index is 1.64. The van der Waals surface area contributed by atoms with Gasteiger partial charge in [0.05, 0.1) is 22.5 Å². The van der Waals surface area contributed by atoms with Crippen LogP contribution in [0, 0.1) is 13.8 Å². The topological polar surface area (TPSA) is 83.4 Å². The lowest BCUT2D eigenvalue weighted by molar-refractivity contribution is 0.467. The molecule has 0 atom stereocenters. The summed E-state index contributed by atoms with van der Waals surface area (Å²) in [5, 5.41) is 9.77. The van der Waals surface area contributed by atoms with Crippen LogP contribution in [0.15, 0.2) is 36.5 Å². The second-order valence-corrected chi connectivity index (χ2v) is 10.2. The van der Waals surface area contributed by atoms with Crippen molar-refractivity contribution in [2.75, 3.05) is 24.2 Å². The number of hydrogen-bond donors (Lipinski definition) is 1. The first-order valence-corrected chi connectivity index (χ1v) is 11.7. The standard InChI is InChI=1S/C22H25N3O3S/c1-14-10-17(11-15(2)22(14)26)16-4-5-19-20(12-16)24-21(13-23-19)25-8-6-18(7-9-25)29(3,27)28/h4-5,10-13,18,26H,6-9H2,1-3H3. The maximum Gasteiger partial charge on any atom is 0.150 e. The van der Waals surface area contributed by atoms with Crippen LogP contribution < -0.4 is 4.90 Å². The molecule has 0 saturated carbocycles. The molecular formula is C22H25N3O3S. The number of aromatic hydroxyl groups is 1. The summed E-state index contributed by atoms with van der Waals surface area (Å²) in [6.07, 6.45) is 4.31. The van der Waals surface area contributed by atoms with Crippen LogP contribution in [-0.2, 0) is 9.84 Å². The van der Waals surface area contributed by atoms with E-state index in [1.807, 2.05) is 44.2 Å². The van der Waals surface area contributed by atoms with Crippen molar-refractivity contribution in [2.45, 2.75) is 31.9 Å². The molecule has 1 aliphatic rings. The van der Waals surface area contributed by atoms with Gasteiger partial charge < -0.3 is 10.0 Å². The highest BCUT2D eigenvalue weighted by Crippen LogP contribution is 2.31. The van der Waals surface area contributed by atoms with Crippen LogP contribution in [0.1, 0.15) is 24.0 Å². The van der Waals surface area contributed by atoms with E-state index in [1.54, 1.807) is 6.20 Å². The fourth-order valence-electron chi connectivity index (χ4n) is 3.97. The third kappa shape index (κ3) is 3.92. The van der Waals surface area contributed by atoms with Gasteiger partial charge in [-0.3, -0.25) is 4.98 Å². The Labute approximate surface area is 171 Å². The highest BCUT2D eigenvalue weighted by molar-refractivity contribution is 7.91. The first-order chi connectivity index (χ1) is 13.7. The maximum absolute atomic E-state index is 11.8. The van der Waals surface area contributed by atoms with E-state index in [0.717, 1.165) is 39.1 Å². The molecule has 3 aromatic rings. The zero-order valence-electron chi connectivity index (χ0n) is 16.9. The summed E-state index contributed by atoms with van der Waals surface area (Å²) < 4.78 is 23.6. The average Bonchev–Trinajstić information content (AvgIpc) is 2.70. The fraction of sp³-hybridized carbons (Fsp3) is 0.364. The van der Waals surface area contributed by atoms with Crippen LogP contribution in [0.3, 0.4) is 0 Å². The molecule has 0 unspecified atom stereocenters. The Kier molecular flexibility index (Phi) is 4.94. The lowest BCUT2D eigenvalue weighted by Gasteiger charge is -2.31. The van der Waals surface area contributed by atoms with E-state index in [1.165, 1.54) is 6.26 Å². The highest BCUT2D eigenvalue weighted by atomic mass is 32.2. The van der Waals surface area contributed by atoms with Gasteiger partial charge in [-0.25, -0.2) is 13.4 Å². The van der Waals surface area contributed by atoms with Crippen molar-refractivity contribution in [3.63, 3.8) is 0 Å². The molecule has 0 amide bonds. The second kappa shape index (κ2) is 7.30. The molecule has 6 nitrogen and oxygen atoms in total. The molecule has 0 spiro atoms. The number of piperidine rings is 1. The Morgan fingerprint density at radius 1 is 1.00 bits per heavy atom. The summed E-state index contributed by atoms with van der Waals surface area (Å²) in [6.45, 7) is 5.11. The number of aromatic nitrogens is 2. The summed E-state index contributed by atoms with van der Waals surface area (Å²) in [5.74, 6) is 1.11. The van der Waals surface area contributed by atoms with E-state index in [9.17, 15) is 13.5 Å². The molecule has 4 rings (SSSR count). The summed E-state index contributed by atoms with van der Waals surface area (Å²) in [4.78, 5) is 11.5. The molecule has 1 N–H and O–H groups in total. The number of phenolic OH excluding ortho intramolecular Hbond substituents is 1. The Bertz CT molecular complexity index is 1160. The fourth-order valence-corrected chi connectivity index (χ4v) is 5.04. The quantitative estimate of drug-likeness (QED) is 0.709. The molecule has 1 fully saturated rings. The number of benzene rings is 2. The third-order valence-electron chi connectivity index (χ3n) is 5.73. The normalized spacial score (nSPS) is 15.8. The number of phenols is 1. The van der Waals surface area contributed by atoms with Gasteiger partial charge in [-0.05, 0) is 73.2 Å². The largest absolute Gasteiger partial charge is 0.507 e. The van der Waals surface area contributed by atoms with Crippen LogP contribution in [0.4, 0.5) is 5.82 Å². The SMILES string of the molecule is Cc1cc(-c2ccc3ncc(N4CCC(S(C)(=O)=O)CC4)nc3c2)cc(C)c1O. The van der Waals surface area contributed by atoms with Gasteiger partial charge in [0.25, 0.3) is 0 Å². The molecule has 0 bridgehead atoms. The van der Waals surface area contributed by atoms with Crippen LogP contribution >= 0.6 is 0 Å². The van der Waals surface area contributed by atoms with Crippen LogP contribution in [0.25, 0.3) is 22.2 Å². The van der Waals surface area contributed by atoms with Gasteiger partial charge in [0, 0.05) is 19.3 Å². The molecule has 29 heavy (non-hydrogen) atoms. The van der Waals surface area contributed by atoms with E-state index in [2.05, 4.69) is 9.88 Å². The zero-order chi connectivity index (χ0) is 20.8. The lowest BCUT2D eigenvalue weighted by atomic mass is 9.99. The molecule has 0 aliphatic carbocycles. The van der Waals surface area contributed by atoms with Crippen molar-refractivity contribution in [2.24, 2.45) is 0 Å². The molecule has 0 radical (unpaired) electrons. The smallest absolute Gasteiger partial charge is 0.150 e. The first-order valence-electron chi connectivity index (χ1n) is 9.73. The minimum absolute atomic E-state index is 0.264. The number of rotatable bonds is 3. The summed E-state index contributed by atoms with van der Waals surface area (Å²) in [5.41, 5.74) is 5.35. The van der Waals surface area contributed by atoms with Crippen molar-refractivity contribution in [1.82, 2.24) is 9.97 Å². The second-order valence-electron chi connectivity index (χ2n) is 7.91. The van der Waals surface area contributed by atoms with Gasteiger partial charge in [0.15, 0.2) is 0 Å². The van der Waals surface area contributed by atoms with Gasteiger partial charge in [-0.2, -0.15) is 0 Å². The lowest BCUT2D eigenvalue weighted by Crippen LogP contribution is -2.39. The van der Waals surface area contributed by atoms with Crippen molar-refractivity contribution >= 4 is 26.7 Å². The van der Waals surface area contributed by atoms with Gasteiger partial charge in [0.1, 0.15) is 21.4 Å². The molecule has 152 valence electrons. The summed E-state index contributed by atoms with van der Waals surface area (Å²) >= 11 is 0. The van der Waals surface area contributed by atoms with Crippen LogP contribution in [-0.4, -0.2) is 48.1 Å². The summed E-state index contributed by atoms with van der Waals surface area (Å²) in [6, 6.07) is 9.92. The number of sulfone groups is 1. The predicted molar refractivity (Wildman–Crippen MR) is 116 cm³/mol. The van der Waals surface area contributed by atoms with E-state index in [0.29, 0.717) is 31.7 Å². The Morgan fingerprint density at radius 3 is 2.28 bits per heavy atom. The minimum Gasteiger partial charge on any atom is -0.507 e. The van der Waals surface area contributed by atoms with E-state index >= 15 is 0 Å². The van der Waals surface area contributed by atoms with E-state index in [4.69, 9.17) is 4.98 Å². The van der Waals surface area contributed by atoms with Gasteiger partial charge in [-0.15, -0.1) is 0 Å². The summed E-state index contributed by atoms with van der Waals surface area (Å²) in [7, 11) is -2.99. The predicted octanol–water partition coefficient (Wildman–Crippen LogP) is 3.63. The molecule has 1 aliphatic heterocycles. The van der Waals surface area contributed by atoms with Crippen molar-refractivity contribution in [3.05, 3.63) is 47.7 Å². The monoisotopic (exact) mass is 411 g/mol. The van der Waals surface area contributed by atoms with Crippen LogP contribution in [0.2, 0.25) is 0 Å². The molecule has 2 aromatic carbocycles. The first kappa shape index (κ1) is 19.6. The Hall–Kier alpha value is -2.67. The van der Waals surface area contributed by atoms with Gasteiger partial charge >= 0.3 is 0 Å². The minimum atomic E-state index is -2.99. The highest BCUT2D eigenvalue weighted by Gasteiger charge is 2.27. The van der Waals surface area contributed by atoms with Gasteiger partial charge in [-0.1, -0.05) is 6.07 Å². The van der Waals surface area contributed by atoms with E-state index < -0.39 is 9.84 Å². The molecule has 1 aromatic heterocycles. The zero-order valence-corrected chi connectivity index (χ0v) is 17.7. The average molecular weight is 412 g/mol. The van der Waals surface area contributed by atoms with Crippen LogP contribution in [0.5, 0.6) is 5.75 Å². The van der Waals surface area contributed by atoms with E-state index in [-0.39, 0.29) is 5.25 Å². The number of anilines is 1. The molecule has 1 saturated heterocycles. The molecule has 2 heterocycles. The number of aryl methyl sites for hydroxylation is 2. The van der Waals surface area contributed by atoms with Gasteiger partial charge in [0.2, 0.25) is 0 Å². The Morgan fingerprint density at radius 2 is 1.66 bits per heavy atom. The number of hydrogen-bond acceptors (Lipinski definition) is 6.